The van der Waals surface area contributed by atoms with Crippen molar-refractivity contribution in [1.29, 1.82) is 0 Å². The predicted molar refractivity (Wildman–Crippen MR) is 46.4 cm³/mol. The first kappa shape index (κ1) is 8.76. The van der Waals surface area contributed by atoms with Crippen molar-refractivity contribution in [3.05, 3.63) is 0 Å². The standard InChI is InChI=1S/C10H18O/c1-8(2)10(9(3)11)6-4-5-7-10/h8H,4-7H2,1-3H3. The van der Waals surface area contributed by atoms with Crippen LogP contribution in [0.5, 0.6) is 0 Å². The summed E-state index contributed by atoms with van der Waals surface area (Å²) in [6.45, 7) is 6.10. The second-order valence-corrected chi connectivity index (χ2v) is 4.07. The normalized spacial score (nSPS) is 22.5. The molecule has 0 aromatic carbocycles. The van der Waals surface area contributed by atoms with Gasteiger partial charge in [-0.2, -0.15) is 0 Å². The minimum atomic E-state index is 0.0556. The van der Waals surface area contributed by atoms with Gasteiger partial charge in [0, 0.05) is 5.41 Å². The third-order valence-electron chi connectivity index (χ3n) is 3.30. The van der Waals surface area contributed by atoms with Crippen LogP contribution in [-0.4, -0.2) is 5.78 Å². The van der Waals surface area contributed by atoms with Gasteiger partial charge in [-0.05, 0) is 25.7 Å². The summed E-state index contributed by atoms with van der Waals surface area (Å²) >= 11 is 0. The Morgan fingerprint density at radius 2 is 1.73 bits per heavy atom. The maximum Gasteiger partial charge on any atom is 0.136 e. The first-order valence-corrected chi connectivity index (χ1v) is 4.60. The van der Waals surface area contributed by atoms with Crippen molar-refractivity contribution in [2.24, 2.45) is 11.3 Å². The van der Waals surface area contributed by atoms with Crippen LogP contribution in [0, 0.1) is 11.3 Å². The summed E-state index contributed by atoms with van der Waals surface area (Å²) in [4.78, 5) is 11.4. The lowest BCUT2D eigenvalue weighted by atomic mass is 9.73. The highest BCUT2D eigenvalue weighted by atomic mass is 16.1. The van der Waals surface area contributed by atoms with Crippen molar-refractivity contribution >= 4 is 5.78 Å². The van der Waals surface area contributed by atoms with Crippen LogP contribution in [0.15, 0.2) is 0 Å². The molecule has 0 bridgehead atoms. The van der Waals surface area contributed by atoms with Crippen molar-refractivity contribution in [2.75, 3.05) is 0 Å². The number of carbonyl (C=O) groups excluding carboxylic acids is 1. The molecule has 0 aromatic heterocycles. The van der Waals surface area contributed by atoms with Crippen molar-refractivity contribution in [3.63, 3.8) is 0 Å². The molecule has 64 valence electrons. The molecule has 1 aliphatic rings. The van der Waals surface area contributed by atoms with E-state index in [1.165, 1.54) is 12.8 Å². The van der Waals surface area contributed by atoms with Crippen LogP contribution < -0.4 is 0 Å². The first-order valence-electron chi connectivity index (χ1n) is 4.60. The molecule has 0 N–H and O–H groups in total. The quantitative estimate of drug-likeness (QED) is 0.597. The monoisotopic (exact) mass is 154 g/mol. The average molecular weight is 154 g/mol. The maximum absolute atomic E-state index is 11.4. The number of carbonyl (C=O) groups is 1. The number of ketones is 1. The summed E-state index contributed by atoms with van der Waals surface area (Å²) < 4.78 is 0. The van der Waals surface area contributed by atoms with Crippen molar-refractivity contribution < 1.29 is 4.79 Å². The Morgan fingerprint density at radius 3 is 1.91 bits per heavy atom. The smallest absolute Gasteiger partial charge is 0.136 e. The van der Waals surface area contributed by atoms with E-state index in [0.29, 0.717) is 11.7 Å². The molecule has 1 nitrogen and oxygen atoms in total. The van der Waals surface area contributed by atoms with Gasteiger partial charge in [0.1, 0.15) is 5.78 Å². The summed E-state index contributed by atoms with van der Waals surface area (Å²) in [6, 6.07) is 0. The first-order chi connectivity index (χ1) is 5.09. The zero-order chi connectivity index (χ0) is 8.48. The molecule has 1 heteroatoms. The SMILES string of the molecule is CC(=O)C1(C(C)C)CCCC1. The second kappa shape index (κ2) is 2.96. The Balaban J connectivity index is 2.79. The molecule has 11 heavy (non-hydrogen) atoms. The van der Waals surface area contributed by atoms with E-state index in [4.69, 9.17) is 0 Å². The van der Waals surface area contributed by atoms with E-state index in [0.717, 1.165) is 12.8 Å². The van der Waals surface area contributed by atoms with E-state index in [9.17, 15) is 4.79 Å². The molecular formula is C10H18O. The minimum Gasteiger partial charge on any atom is -0.299 e. The third-order valence-corrected chi connectivity index (χ3v) is 3.30. The van der Waals surface area contributed by atoms with Gasteiger partial charge in [0.2, 0.25) is 0 Å². The van der Waals surface area contributed by atoms with E-state index >= 15 is 0 Å². The Labute approximate surface area is 69.2 Å². The van der Waals surface area contributed by atoms with Crippen molar-refractivity contribution in [3.8, 4) is 0 Å². The van der Waals surface area contributed by atoms with Gasteiger partial charge in [0.25, 0.3) is 0 Å². The number of hydrogen-bond acceptors (Lipinski definition) is 1. The lowest BCUT2D eigenvalue weighted by Gasteiger charge is -2.30. The minimum absolute atomic E-state index is 0.0556. The topological polar surface area (TPSA) is 17.1 Å². The van der Waals surface area contributed by atoms with Gasteiger partial charge < -0.3 is 0 Å². The fraction of sp³-hybridized carbons (Fsp3) is 0.900. The van der Waals surface area contributed by atoms with Crippen molar-refractivity contribution in [1.82, 2.24) is 0 Å². The molecular weight excluding hydrogens is 136 g/mol. The van der Waals surface area contributed by atoms with Gasteiger partial charge in [0.05, 0.1) is 0 Å². The van der Waals surface area contributed by atoms with Crippen LogP contribution in [0.2, 0.25) is 0 Å². The number of Topliss-reactive ketones (excluding diaryl/α,β-unsaturated/α-hetero) is 1. The molecule has 1 saturated carbocycles. The third kappa shape index (κ3) is 1.33. The van der Waals surface area contributed by atoms with Gasteiger partial charge >= 0.3 is 0 Å². The van der Waals surface area contributed by atoms with Gasteiger partial charge in [-0.25, -0.2) is 0 Å². The fourth-order valence-electron chi connectivity index (χ4n) is 2.34. The van der Waals surface area contributed by atoms with Crippen molar-refractivity contribution in [2.45, 2.75) is 46.5 Å². The molecule has 0 saturated heterocycles. The summed E-state index contributed by atoms with van der Waals surface area (Å²) in [5.74, 6) is 0.938. The fourth-order valence-corrected chi connectivity index (χ4v) is 2.34. The van der Waals surface area contributed by atoms with Crippen LogP contribution >= 0.6 is 0 Å². The molecule has 1 fully saturated rings. The molecule has 0 radical (unpaired) electrons. The largest absolute Gasteiger partial charge is 0.299 e. The number of hydrogen-bond donors (Lipinski definition) is 0. The second-order valence-electron chi connectivity index (χ2n) is 4.07. The maximum atomic E-state index is 11.4. The molecule has 1 rings (SSSR count). The lowest BCUT2D eigenvalue weighted by Crippen LogP contribution is -2.31. The molecule has 0 unspecified atom stereocenters. The summed E-state index contributed by atoms with van der Waals surface area (Å²) in [6.07, 6.45) is 4.75. The Morgan fingerprint density at radius 1 is 1.27 bits per heavy atom. The lowest BCUT2D eigenvalue weighted by molar-refractivity contribution is -0.128. The highest BCUT2D eigenvalue weighted by Crippen LogP contribution is 2.44. The molecule has 0 aliphatic heterocycles. The molecule has 0 amide bonds. The van der Waals surface area contributed by atoms with E-state index in [-0.39, 0.29) is 5.41 Å². The van der Waals surface area contributed by atoms with Crippen LogP contribution in [0.3, 0.4) is 0 Å². The van der Waals surface area contributed by atoms with E-state index in [1.54, 1.807) is 6.92 Å². The highest BCUT2D eigenvalue weighted by Gasteiger charge is 2.40. The Kier molecular flexibility index (Phi) is 2.36. The van der Waals surface area contributed by atoms with Crippen LogP contribution in [0.4, 0.5) is 0 Å². The van der Waals surface area contributed by atoms with Crippen LogP contribution in [-0.2, 0) is 4.79 Å². The molecule has 0 heterocycles. The Bertz CT molecular complexity index is 152. The van der Waals surface area contributed by atoms with E-state index in [1.807, 2.05) is 0 Å². The van der Waals surface area contributed by atoms with Crippen LogP contribution in [0.25, 0.3) is 0 Å². The summed E-state index contributed by atoms with van der Waals surface area (Å²) in [5, 5.41) is 0. The molecule has 1 aliphatic carbocycles. The Hall–Kier alpha value is -0.330. The molecule has 0 atom stereocenters. The van der Waals surface area contributed by atoms with Gasteiger partial charge in [-0.1, -0.05) is 26.7 Å². The van der Waals surface area contributed by atoms with Gasteiger partial charge in [-0.3, -0.25) is 4.79 Å². The predicted octanol–water partition coefficient (Wildman–Crippen LogP) is 2.79. The zero-order valence-electron chi connectivity index (χ0n) is 7.81. The average Bonchev–Trinajstić information content (AvgIpc) is 2.34. The van der Waals surface area contributed by atoms with E-state index < -0.39 is 0 Å². The van der Waals surface area contributed by atoms with Gasteiger partial charge in [0.15, 0.2) is 0 Å². The number of rotatable bonds is 2. The van der Waals surface area contributed by atoms with Gasteiger partial charge in [-0.15, -0.1) is 0 Å². The van der Waals surface area contributed by atoms with E-state index in [2.05, 4.69) is 13.8 Å². The van der Waals surface area contributed by atoms with Crippen LogP contribution in [0.1, 0.15) is 46.5 Å². The molecule has 0 aromatic rings. The molecule has 0 spiro atoms. The zero-order valence-corrected chi connectivity index (χ0v) is 7.81. The highest BCUT2D eigenvalue weighted by molar-refractivity contribution is 5.82. The summed E-state index contributed by atoms with van der Waals surface area (Å²) in [5.41, 5.74) is 0.0556. The summed E-state index contributed by atoms with van der Waals surface area (Å²) in [7, 11) is 0.